The molecular weight excluding hydrogens is 208 g/mol. The lowest BCUT2D eigenvalue weighted by Crippen LogP contribution is -2.60. The molecule has 0 saturated heterocycles. The summed E-state index contributed by atoms with van der Waals surface area (Å²) in [5.41, 5.74) is 15.1. The lowest BCUT2D eigenvalue weighted by atomic mass is 9.69. The van der Waals surface area contributed by atoms with E-state index >= 15 is 0 Å². The first-order valence-corrected chi connectivity index (χ1v) is 6.68. The molecule has 0 aromatic heterocycles. The van der Waals surface area contributed by atoms with Crippen LogP contribution in [0.3, 0.4) is 0 Å². The standard InChI is InChI=1S/C15H28N2/c1-9(2)12-7-13(10(3)4)14(16)15(17,8-12)11(5)6/h7-11,14H,16-17H2,1-6H3. The first-order valence-electron chi connectivity index (χ1n) is 6.68. The molecule has 0 spiro atoms. The lowest BCUT2D eigenvalue weighted by Gasteiger charge is -2.42. The maximum Gasteiger partial charge on any atom is 0.0561 e. The van der Waals surface area contributed by atoms with Crippen LogP contribution < -0.4 is 11.5 Å². The Morgan fingerprint density at radius 1 is 1.06 bits per heavy atom. The van der Waals surface area contributed by atoms with Gasteiger partial charge in [-0.05, 0) is 28.9 Å². The van der Waals surface area contributed by atoms with Gasteiger partial charge < -0.3 is 11.5 Å². The van der Waals surface area contributed by atoms with Crippen molar-refractivity contribution >= 4 is 0 Å². The van der Waals surface area contributed by atoms with E-state index in [1.54, 1.807) is 0 Å². The maximum atomic E-state index is 6.56. The predicted molar refractivity (Wildman–Crippen MR) is 75.6 cm³/mol. The van der Waals surface area contributed by atoms with E-state index in [4.69, 9.17) is 11.5 Å². The molecule has 2 unspecified atom stereocenters. The Kier molecular flexibility index (Phi) is 4.21. The molecule has 0 heterocycles. The Morgan fingerprint density at radius 3 is 1.94 bits per heavy atom. The molecule has 0 fully saturated rings. The van der Waals surface area contributed by atoms with Gasteiger partial charge in [0, 0.05) is 6.04 Å². The van der Waals surface area contributed by atoms with Crippen LogP contribution in [0, 0.1) is 17.8 Å². The number of hydrogen-bond acceptors (Lipinski definition) is 2. The molecule has 0 aromatic rings. The van der Waals surface area contributed by atoms with Crippen molar-refractivity contribution in [3.8, 4) is 0 Å². The van der Waals surface area contributed by atoms with Gasteiger partial charge in [0.25, 0.3) is 0 Å². The summed E-state index contributed by atoms with van der Waals surface area (Å²) < 4.78 is 0. The molecular formula is C15H28N2. The second kappa shape index (κ2) is 4.95. The predicted octanol–water partition coefficient (Wildman–Crippen LogP) is 2.85. The van der Waals surface area contributed by atoms with Gasteiger partial charge in [0.05, 0.1) is 5.54 Å². The van der Waals surface area contributed by atoms with Gasteiger partial charge in [-0.2, -0.15) is 0 Å². The van der Waals surface area contributed by atoms with Crippen molar-refractivity contribution in [2.75, 3.05) is 0 Å². The fourth-order valence-electron chi connectivity index (χ4n) is 2.38. The van der Waals surface area contributed by atoms with Crippen LogP contribution in [0.1, 0.15) is 41.5 Å². The van der Waals surface area contributed by atoms with Gasteiger partial charge in [0.1, 0.15) is 0 Å². The van der Waals surface area contributed by atoms with Gasteiger partial charge in [0.15, 0.2) is 0 Å². The van der Waals surface area contributed by atoms with E-state index in [0.29, 0.717) is 17.8 Å². The van der Waals surface area contributed by atoms with Crippen molar-refractivity contribution in [3.05, 3.63) is 23.3 Å². The van der Waals surface area contributed by atoms with Crippen molar-refractivity contribution < 1.29 is 0 Å². The molecule has 2 nitrogen and oxygen atoms in total. The number of nitrogens with two attached hydrogens (primary N) is 2. The van der Waals surface area contributed by atoms with Crippen molar-refractivity contribution in [1.29, 1.82) is 0 Å². The minimum absolute atomic E-state index is 0.0648. The third-order valence-electron chi connectivity index (χ3n) is 3.98. The second-order valence-corrected chi connectivity index (χ2v) is 6.23. The van der Waals surface area contributed by atoms with Gasteiger partial charge in [0.2, 0.25) is 0 Å². The highest BCUT2D eigenvalue weighted by Gasteiger charge is 2.39. The zero-order valence-electron chi connectivity index (χ0n) is 12.1. The van der Waals surface area contributed by atoms with Gasteiger partial charge >= 0.3 is 0 Å². The van der Waals surface area contributed by atoms with Crippen molar-refractivity contribution in [3.63, 3.8) is 0 Å². The molecule has 0 amide bonds. The van der Waals surface area contributed by atoms with E-state index < -0.39 is 5.54 Å². The van der Waals surface area contributed by atoms with E-state index in [2.05, 4.69) is 53.7 Å². The van der Waals surface area contributed by atoms with Crippen LogP contribution in [-0.4, -0.2) is 11.6 Å². The Balaban J connectivity index is 3.25. The summed E-state index contributed by atoms with van der Waals surface area (Å²) >= 11 is 0. The fraction of sp³-hybridized carbons (Fsp3) is 0.733. The first-order chi connectivity index (χ1) is 7.70. The summed E-state index contributed by atoms with van der Waals surface area (Å²) in [6.07, 6.45) is 4.45. The molecule has 1 aliphatic carbocycles. The summed E-state index contributed by atoms with van der Waals surface area (Å²) in [6.45, 7) is 13.1. The molecule has 0 saturated carbocycles. The summed E-state index contributed by atoms with van der Waals surface area (Å²) in [6, 6.07) is -0.0648. The van der Waals surface area contributed by atoms with Crippen molar-refractivity contribution in [2.24, 2.45) is 29.2 Å². The number of allylic oxidation sites excluding steroid dienone is 2. The van der Waals surface area contributed by atoms with Crippen molar-refractivity contribution in [1.82, 2.24) is 0 Å². The van der Waals surface area contributed by atoms with Crippen LogP contribution in [0.15, 0.2) is 23.3 Å². The van der Waals surface area contributed by atoms with Crippen LogP contribution in [0.25, 0.3) is 0 Å². The molecule has 0 aliphatic heterocycles. The molecule has 17 heavy (non-hydrogen) atoms. The molecule has 0 aromatic carbocycles. The Hall–Kier alpha value is -0.600. The number of rotatable bonds is 3. The molecule has 0 radical (unpaired) electrons. The summed E-state index contributed by atoms with van der Waals surface area (Å²) in [5, 5.41) is 0. The van der Waals surface area contributed by atoms with E-state index in [0.717, 1.165) is 0 Å². The molecule has 2 heteroatoms. The maximum absolute atomic E-state index is 6.56. The highest BCUT2D eigenvalue weighted by Crippen LogP contribution is 2.35. The molecule has 1 rings (SSSR count). The van der Waals surface area contributed by atoms with Crippen LogP contribution in [0.5, 0.6) is 0 Å². The molecule has 4 N–H and O–H groups in total. The Bertz CT molecular complexity index is 337. The van der Waals surface area contributed by atoms with Crippen LogP contribution in [0.2, 0.25) is 0 Å². The minimum atomic E-state index is -0.409. The molecule has 0 bridgehead atoms. The second-order valence-electron chi connectivity index (χ2n) is 6.23. The van der Waals surface area contributed by atoms with E-state index in [-0.39, 0.29) is 6.04 Å². The van der Waals surface area contributed by atoms with E-state index in [9.17, 15) is 0 Å². The van der Waals surface area contributed by atoms with Crippen LogP contribution in [0.4, 0.5) is 0 Å². The highest BCUT2D eigenvalue weighted by molar-refractivity contribution is 5.41. The van der Waals surface area contributed by atoms with E-state index in [1.807, 2.05) is 0 Å². The first kappa shape index (κ1) is 14.5. The normalized spacial score (nSPS) is 29.9. The largest absolute Gasteiger partial charge is 0.322 e. The summed E-state index contributed by atoms with van der Waals surface area (Å²) in [7, 11) is 0. The zero-order chi connectivity index (χ0) is 13.4. The quantitative estimate of drug-likeness (QED) is 0.791. The average Bonchev–Trinajstić information content (AvgIpc) is 2.20. The highest BCUT2D eigenvalue weighted by atomic mass is 14.9. The van der Waals surface area contributed by atoms with Crippen LogP contribution >= 0.6 is 0 Å². The van der Waals surface area contributed by atoms with Gasteiger partial charge in [-0.15, -0.1) is 0 Å². The van der Waals surface area contributed by atoms with E-state index in [1.165, 1.54) is 11.1 Å². The number of hydrogen-bond donors (Lipinski definition) is 2. The summed E-state index contributed by atoms with van der Waals surface area (Å²) in [5.74, 6) is 1.29. The minimum Gasteiger partial charge on any atom is -0.322 e. The van der Waals surface area contributed by atoms with Gasteiger partial charge in [-0.1, -0.05) is 53.7 Å². The SMILES string of the molecule is CC(C)C1=CC(N)(C(C)C)C(N)C(C(C)C)=C1. The molecule has 1 aliphatic rings. The average molecular weight is 236 g/mol. The Labute approximate surface area is 106 Å². The monoisotopic (exact) mass is 236 g/mol. The Morgan fingerprint density at radius 2 is 1.59 bits per heavy atom. The molecule has 98 valence electrons. The van der Waals surface area contributed by atoms with Crippen molar-refractivity contribution in [2.45, 2.75) is 53.1 Å². The third-order valence-corrected chi connectivity index (χ3v) is 3.98. The smallest absolute Gasteiger partial charge is 0.0561 e. The van der Waals surface area contributed by atoms with Gasteiger partial charge in [-0.25, -0.2) is 0 Å². The third kappa shape index (κ3) is 2.63. The van der Waals surface area contributed by atoms with Gasteiger partial charge in [-0.3, -0.25) is 0 Å². The zero-order valence-corrected chi connectivity index (χ0v) is 12.1. The topological polar surface area (TPSA) is 52.0 Å². The summed E-state index contributed by atoms with van der Waals surface area (Å²) in [4.78, 5) is 0. The van der Waals surface area contributed by atoms with Crippen LogP contribution in [-0.2, 0) is 0 Å². The molecule has 2 atom stereocenters. The fourth-order valence-corrected chi connectivity index (χ4v) is 2.38. The lowest BCUT2D eigenvalue weighted by molar-refractivity contribution is 0.324.